The molecule has 0 saturated heterocycles. The highest BCUT2D eigenvalue weighted by atomic mass is 16.6. The third kappa shape index (κ3) is 40.6. The highest BCUT2D eigenvalue weighted by molar-refractivity contribution is 5.70. The number of hydrogen-bond donors (Lipinski definition) is 0. The maximum atomic E-state index is 12.7. The van der Waals surface area contributed by atoms with Gasteiger partial charge in [0.2, 0.25) is 0 Å². The molecule has 0 saturated carbocycles. The van der Waals surface area contributed by atoms with Gasteiger partial charge in [-0.2, -0.15) is 0 Å². The van der Waals surface area contributed by atoms with E-state index in [0.29, 0.717) is 19.4 Å². The first kappa shape index (κ1) is 49.9. The summed E-state index contributed by atoms with van der Waals surface area (Å²) in [6, 6.07) is 0. The molecular weight excluding hydrogens is 645 g/mol. The van der Waals surface area contributed by atoms with Gasteiger partial charge in [0.15, 0.2) is 6.10 Å². The van der Waals surface area contributed by atoms with E-state index in [-0.39, 0.29) is 25.2 Å². The zero-order valence-corrected chi connectivity index (χ0v) is 34.6. The Labute approximate surface area is 322 Å². The van der Waals surface area contributed by atoms with Gasteiger partial charge >= 0.3 is 11.9 Å². The number of hydrogen-bond acceptors (Lipinski definition) is 5. The Morgan fingerprint density at radius 1 is 0.442 bits per heavy atom. The third-order valence-electron chi connectivity index (χ3n) is 9.35. The van der Waals surface area contributed by atoms with Gasteiger partial charge in [0.05, 0.1) is 6.61 Å². The minimum absolute atomic E-state index is 0.0745. The number of carbonyl (C=O) groups excluding carboxylic acids is 2. The number of ether oxygens (including phenoxy) is 3. The second-order valence-electron chi connectivity index (χ2n) is 14.6. The van der Waals surface area contributed by atoms with Crippen molar-refractivity contribution in [2.24, 2.45) is 0 Å². The fourth-order valence-electron chi connectivity index (χ4n) is 6.05. The molecular formula is C47H84O5. The predicted molar refractivity (Wildman–Crippen MR) is 224 cm³/mol. The molecule has 0 aromatic rings. The molecule has 0 aromatic carbocycles. The molecule has 0 aliphatic rings. The lowest BCUT2D eigenvalue weighted by Gasteiger charge is -2.18. The molecule has 0 bridgehead atoms. The molecule has 5 heteroatoms. The third-order valence-corrected chi connectivity index (χ3v) is 9.35. The summed E-state index contributed by atoms with van der Waals surface area (Å²) in [5, 5.41) is 0. The molecule has 302 valence electrons. The first-order valence-corrected chi connectivity index (χ1v) is 22.2. The largest absolute Gasteiger partial charge is 0.462 e. The van der Waals surface area contributed by atoms with Crippen molar-refractivity contribution in [1.29, 1.82) is 0 Å². The molecule has 0 amide bonds. The van der Waals surface area contributed by atoms with Crippen molar-refractivity contribution in [2.45, 2.75) is 219 Å². The Kier molecular flexibility index (Phi) is 41.5. The lowest BCUT2D eigenvalue weighted by atomic mass is 10.1. The van der Waals surface area contributed by atoms with Gasteiger partial charge in [0.1, 0.15) is 6.61 Å². The lowest BCUT2D eigenvalue weighted by Crippen LogP contribution is -2.30. The summed E-state index contributed by atoms with van der Waals surface area (Å²) in [6.45, 7) is 7.66. The summed E-state index contributed by atoms with van der Waals surface area (Å²) in [5.41, 5.74) is 0. The molecule has 0 fully saturated rings. The average Bonchev–Trinajstić information content (AvgIpc) is 3.14. The molecule has 5 nitrogen and oxygen atoms in total. The van der Waals surface area contributed by atoms with Gasteiger partial charge in [-0.1, -0.05) is 172 Å². The van der Waals surface area contributed by atoms with E-state index in [0.717, 1.165) is 83.5 Å². The van der Waals surface area contributed by atoms with Crippen LogP contribution in [0.4, 0.5) is 0 Å². The van der Waals surface area contributed by atoms with Crippen LogP contribution in [-0.4, -0.2) is 37.9 Å². The lowest BCUT2D eigenvalue weighted by molar-refractivity contribution is -0.163. The average molecular weight is 729 g/mol. The zero-order valence-electron chi connectivity index (χ0n) is 34.6. The number of allylic oxidation sites excluding steroid dienone is 8. The Hall–Kier alpha value is -2.14. The minimum Gasteiger partial charge on any atom is -0.462 e. The maximum absolute atomic E-state index is 12.7. The molecule has 0 heterocycles. The van der Waals surface area contributed by atoms with Crippen LogP contribution in [0.3, 0.4) is 0 Å². The van der Waals surface area contributed by atoms with Crippen LogP contribution in [0, 0.1) is 0 Å². The summed E-state index contributed by atoms with van der Waals surface area (Å²) in [5.74, 6) is -0.425. The highest BCUT2D eigenvalue weighted by Crippen LogP contribution is 2.13. The topological polar surface area (TPSA) is 61.8 Å². The van der Waals surface area contributed by atoms with Crippen LogP contribution in [0.5, 0.6) is 0 Å². The van der Waals surface area contributed by atoms with E-state index < -0.39 is 6.10 Å². The van der Waals surface area contributed by atoms with E-state index >= 15 is 0 Å². The summed E-state index contributed by atoms with van der Waals surface area (Å²) in [6.07, 6.45) is 51.0. The van der Waals surface area contributed by atoms with Gasteiger partial charge in [-0.25, -0.2) is 0 Å². The monoisotopic (exact) mass is 729 g/mol. The normalized spacial score (nSPS) is 12.6. The number of rotatable bonds is 40. The highest BCUT2D eigenvalue weighted by Gasteiger charge is 2.17. The molecule has 0 aliphatic carbocycles. The molecule has 0 N–H and O–H groups in total. The van der Waals surface area contributed by atoms with Crippen molar-refractivity contribution in [2.75, 3.05) is 19.8 Å². The van der Waals surface area contributed by atoms with Crippen LogP contribution < -0.4 is 0 Å². The van der Waals surface area contributed by atoms with Crippen LogP contribution in [0.2, 0.25) is 0 Å². The fraction of sp³-hybridized carbons (Fsp3) is 0.787. The SMILES string of the molecule is CC/C=C\C/C=C\C/C=C\CCCCCCCC(=O)OCC(COCCCCCCCCCC)OC(=O)CCCCCCC/C=C\CCCCCC. The Morgan fingerprint density at radius 3 is 1.42 bits per heavy atom. The first-order valence-electron chi connectivity index (χ1n) is 22.2. The number of esters is 2. The summed E-state index contributed by atoms with van der Waals surface area (Å²) < 4.78 is 17.2. The molecule has 0 rings (SSSR count). The van der Waals surface area contributed by atoms with Crippen LogP contribution in [-0.2, 0) is 23.8 Å². The van der Waals surface area contributed by atoms with E-state index in [1.807, 2.05) is 0 Å². The van der Waals surface area contributed by atoms with Gasteiger partial charge in [-0.15, -0.1) is 0 Å². The van der Waals surface area contributed by atoms with Gasteiger partial charge in [-0.05, 0) is 77.0 Å². The van der Waals surface area contributed by atoms with Gasteiger partial charge in [0, 0.05) is 19.4 Å². The standard InChI is InChI=1S/C47H84O5/c1-4-7-10-13-16-19-21-23-24-26-27-29-31-34-37-40-46(48)51-44-45(43-50-42-39-36-33-18-15-12-9-6-3)52-47(49)41-38-35-32-30-28-25-22-20-17-14-11-8-5-2/h7,10,16,19-20,22-24,45H,4-6,8-9,11-15,17-18,21,25-44H2,1-3H3/b10-7-,19-16-,22-20-,24-23-. The molecule has 1 unspecified atom stereocenters. The van der Waals surface area contributed by atoms with E-state index in [4.69, 9.17) is 14.2 Å². The quantitative estimate of drug-likeness (QED) is 0.0357. The molecule has 52 heavy (non-hydrogen) atoms. The smallest absolute Gasteiger partial charge is 0.306 e. The first-order chi connectivity index (χ1) is 25.6. The van der Waals surface area contributed by atoms with E-state index in [2.05, 4.69) is 69.4 Å². The van der Waals surface area contributed by atoms with Crippen LogP contribution in [0.25, 0.3) is 0 Å². The Balaban J connectivity index is 4.24. The van der Waals surface area contributed by atoms with E-state index in [1.165, 1.54) is 96.3 Å². The van der Waals surface area contributed by atoms with Crippen molar-refractivity contribution in [3.8, 4) is 0 Å². The molecule has 0 aromatic heterocycles. The maximum Gasteiger partial charge on any atom is 0.306 e. The summed E-state index contributed by atoms with van der Waals surface area (Å²) in [7, 11) is 0. The van der Waals surface area contributed by atoms with Gasteiger partial charge in [0.25, 0.3) is 0 Å². The van der Waals surface area contributed by atoms with Crippen molar-refractivity contribution in [1.82, 2.24) is 0 Å². The second-order valence-corrected chi connectivity index (χ2v) is 14.6. The number of unbranched alkanes of at least 4 members (excludes halogenated alkanes) is 21. The minimum atomic E-state index is -0.541. The van der Waals surface area contributed by atoms with E-state index in [9.17, 15) is 9.59 Å². The number of carbonyl (C=O) groups is 2. The van der Waals surface area contributed by atoms with Crippen molar-refractivity contribution >= 4 is 11.9 Å². The van der Waals surface area contributed by atoms with Crippen molar-refractivity contribution in [3.63, 3.8) is 0 Å². The van der Waals surface area contributed by atoms with Crippen molar-refractivity contribution in [3.05, 3.63) is 48.6 Å². The Morgan fingerprint density at radius 2 is 0.865 bits per heavy atom. The van der Waals surface area contributed by atoms with Crippen LogP contribution in [0.15, 0.2) is 48.6 Å². The molecule has 0 spiro atoms. The van der Waals surface area contributed by atoms with Crippen molar-refractivity contribution < 1.29 is 23.8 Å². The summed E-state index contributed by atoms with van der Waals surface area (Å²) in [4.78, 5) is 25.2. The Bertz CT molecular complexity index is 873. The predicted octanol–water partition coefficient (Wildman–Crippen LogP) is 14.4. The molecule has 0 aliphatic heterocycles. The summed E-state index contributed by atoms with van der Waals surface area (Å²) >= 11 is 0. The van der Waals surface area contributed by atoms with Crippen LogP contribution >= 0.6 is 0 Å². The zero-order chi connectivity index (χ0) is 37.8. The molecule has 0 radical (unpaired) electrons. The second kappa shape index (κ2) is 43.3. The fourth-order valence-corrected chi connectivity index (χ4v) is 6.05. The van der Waals surface area contributed by atoms with Crippen LogP contribution in [0.1, 0.15) is 213 Å². The molecule has 1 atom stereocenters. The van der Waals surface area contributed by atoms with Gasteiger partial charge in [-0.3, -0.25) is 9.59 Å². The van der Waals surface area contributed by atoms with E-state index in [1.54, 1.807) is 0 Å². The van der Waals surface area contributed by atoms with Gasteiger partial charge < -0.3 is 14.2 Å².